The van der Waals surface area contributed by atoms with Gasteiger partial charge in [0.25, 0.3) is 0 Å². The van der Waals surface area contributed by atoms with Gasteiger partial charge in [-0.15, -0.1) is 0 Å². The third-order valence-corrected chi connectivity index (χ3v) is 2.66. The van der Waals surface area contributed by atoms with E-state index in [0.29, 0.717) is 0 Å². The second-order valence-electron chi connectivity index (χ2n) is 2.60. The van der Waals surface area contributed by atoms with Gasteiger partial charge in [-0.2, -0.15) is 0 Å². The SMILES string of the molecule is C=C(Sc1ccccc1C)C(=O)O. The van der Waals surface area contributed by atoms with Gasteiger partial charge in [-0.05, 0) is 18.6 Å². The van der Waals surface area contributed by atoms with Gasteiger partial charge < -0.3 is 5.11 Å². The fourth-order valence-electron chi connectivity index (χ4n) is 0.847. The molecule has 0 unspecified atom stereocenters. The summed E-state index contributed by atoms with van der Waals surface area (Å²) in [4.78, 5) is 11.6. The van der Waals surface area contributed by atoms with E-state index in [9.17, 15) is 4.79 Å². The van der Waals surface area contributed by atoms with Crippen molar-refractivity contribution in [2.45, 2.75) is 11.8 Å². The lowest BCUT2D eigenvalue weighted by Crippen LogP contribution is -1.94. The molecule has 1 rings (SSSR count). The third kappa shape index (κ3) is 2.63. The first-order valence-electron chi connectivity index (χ1n) is 3.77. The molecule has 1 N–H and O–H groups in total. The van der Waals surface area contributed by atoms with Crippen molar-refractivity contribution >= 4 is 17.7 Å². The van der Waals surface area contributed by atoms with Gasteiger partial charge in [0.05, 0.1) is 4.91 Å². The second-order valence-corrected chi connectivity index (χ2v) is 3.73. The highest BCUT2D eigenvalue weighted by molar-refractivity contribution is 8.04. The summed E-state index contributed by atoms with van der Waals surface area (Å²) in [6.07, 6.45) is 0. The normalized spacial score (nSPS) is 9.62. The minimum absolute atomic E-state index is 0.148. The topological polar surface area (TPSA) is 37.3 Å². The summed E-state index contributed by atoms with van der Waals surface area (Å²) in [5.74, 6) is -0.965. The first-order valence-corrected chi connectivity index (χ1v) is 4.58. The summed E-state index contributed by atoms with van der Waals surface area (Å²) in [7, 11) is 0. The molecule has 1 aromatic carbocycles. The van der Waals surface area contributed by atoms with Crippen LogP contribution in [0.4, 0.5) is 0 Å². The van der Waals surface area contributed by atoms with Crippen molar-refractivity contribution in [1.29, 1.82) is 0 Å². The van der Waals surface area contributed by atoms with E-state index in [1.54, 1.807) is 0 Å². The molecule has 0 atom stereocenters. The number of aliphatic carboxylic acids is 1. The van der Waals surface area contributed by atoms with Crippen LogP contribution in [0.1, 0.15) is 5.56 Å². The maximum absolute atomic E-state index is 10.5. The number of hydrogen-bond acceptors (Lipinski definition) is 2. The average Bonchev–Trinajstić information content (AvgIpc) is 2.08. The van der Waals surface area contributed by atoms with Gasteiger partial charge in [0.15, 0.2) is 0 Å². The number of rotatable bonds is 3. The molecule has 13 heavy (non-hydrogen) atoms. The zero-order chi connectivity index (χ0) is 9.84. The first-order chi connectivity index (χ1) is 6.11. The maximum atomic E-state index is 10.5. The molecule has 0 bridgehead atoms. The van der Waals surface area contributed by atoms with Crippen LogP contribution in [0.2, 0.25) is 0 Å². The molecule has 0 aliphatic heterocycles. The molecular weight excluding hydrogens is 184 g/mol. The average molecular weight is 194 g/mol. The van der Waals surface area contributed by atoms with Crippen LogP contribution in [0.15, 0.2) is 40.6 Å². The first kappa shape index (κ1) is 9.86. The van der Waals surface area contributed by atoms with Gasteiger partial charge >= 0.3 is 5.97 Å². The number of aryl methyl sites for hydroxylation is 1. The van der Waals surface area contributed by atoms with E-state index in [-0.39, 0.29) is 4.91 Å². The number of carboxylic acids is 1. The molecule has 1 aromatic rings. The van der Waals surface area contributed by atoms with Crippen LogP contribution in [-0.2, 0) is 4.79 Å². The fourth-order valence-corrected chi connectivity index (χ4v) is 1.58. The molecule has 0 fully saturated rings. The highest BCUT2D eigenvalue weighted by atomic mass is 32.2. The van der Waals surface area contributed by atoms with E-state index >= 15 is 0 Å². The molecule has 0 saturated heterocycles. The Morgan fingerprint density at radius 3 is 2.62 bits per heavy atom. The Bertz CT molecular complexity index is 345. The Balaban J connectivity index is 2.81. The number of benzene rings is 1. The molecular formula is C10H10O2S. The molecule has 0 spiro atoms. The summed E-state index contributed by atoms with van der Waals surface area (Å²) in [5, 5.41) is 8.61. The lowest BCUT2D eigenvalue weighted by Gasteiger charge is -2.03. The van der Waals surface area contributed by atoms with Crippen LogP contribution in [0.5, 0.6) is 0 Å². The molecule has 0 radical (unpaired) electrons. The Hall–Kier alpha value is -1.22. The van der Waals surface area contributed by atoms with Crippen LogP contribution in [-0.4, -0.2) is 11.1 Å². The predicted octanol–water partition coefficient (Wildman–Crippen LogP) is 2.69. The zero-order valence-corrected chi connectivity index (χ0v) is 8.10. The van der Waals surface area contributed by atoms with Crippen molar-refractivity contribution in [3.8, 4) is 0 Å². The summed E-state index contributed by atoms with van der Waals surface area (Å²) in [6.45, 7) is 5.40. The summed E-state index contributed by atoms with van der Waals surface area (Å²) >= 11 is 1.18. The Morgan fingerprint density at radius 1 is 1.46 bits per heavy atom. The lowest BCUT2D eigenvalue weighted by molar-refractivity contribution is -0.131. The minimum Gasteiger partial charge on any atom is -0.477 e. The van der Waals surface area contributed by atoms with Crippen molar-refractivity contribution in [2.24, 2.45) is 0 Å². The summed E-state index contributed by atoms with van der Waals surface area (Å²) in [5.41, 5.74) is 1.06. The molecule has 2 nitrogen and oxygen atoms in total. The van der Waals surface area contributed by atoms with Crippen LogP contribution in [0.25, 0.3) is 0 Å². The number of carboxylic acid groups (broad SMARTS) is 1. The molecule has 0 heterocycles. The molecule has 0 aliphatic rings. The fraction of sp³-hybridized carbons (Fsp3) is 0.100. The van der Waals surface area contributed by atoms with Crippen LogP contribution in [0.3, 0.4) is 0 Å². The monoisotopic (exact) mass is 194 g/mol. The van der Waals surface area contributed by atoms with E-state index < -0.39 is 5.97 Å². The summed E-state index contributed by atoms with van der Waals surface area (Å²) in [6, 6.07) is 7.62. The summed E-state index contributed by atoms with van der Waals surface area (Å²) < 4.78 is 0. The Labute approximate surface area is 81.3 Å². The molecule has 0 aliphatic carbocycles. The van der Waals surface area contributed by atoms with E-state index in [4.69, 9.17) is 5.11 Å². The zero-order valence-electron chi connectivity index (χ0n) is 7.28. The third-order valence-electron chi connectivity index (χ3n) is 1.57. The largest absolute Gasteiger partial charge is 0.477 e. The molecule has 3 heteroatoms. The molecule has 0 saturated carbocycles. The van der Waals surface area contributed by atoms with Crippen LogP contribution < -0.4 is 0 Å². The maximum Gasteiger partial charge on any atom is 0.341 e. The molecule has 0 amide bonds. The smallest absolute Gasteiger partial charge is 0.341 e. The number of carbonyl (C=O) groups is 1. The van der Waals surface area contributed by atoms with Gasteiger partial charge in [0.2, 0.25) is 0 Å². The number of hydrogen-bond donors (Lipinski definition) is 1. The Kier molecular flexibility index (Phi) is 3.14. The second kappa shape index (κ2) is 4.14. The molecule has 68 valence electrons. The minimum atomic E-state index is -0.965. The highest BCUT2D eigenvalue weighted by Gasteiger charge is 2.06. The van der Waals surface area contributed by atoms with Gasteiger partial charge in [0, 0.05) is 4.90 Å². The number of thioether (sulfide) groups is 1. The van der Waals surface area contributed by atoms with E-state index in [1.807, 2.05) is 31.2 Å². The van der Waals surface area contributed by atoms with Crippen molar-refractivity contribution in [3.63, 3.8) is 0 Å². The van der Waals surface area contributed by atoms with Crippen molar-refractivity contribution in [3.05, 3.63) is 41.3 Å². The van der Waals surface area contributed by atoms with Gasteiger partial charge in [0.1, 0.15) is 0 Å². The van der Waals surface area contributed by atoms with E-state index in [0.717, 1.165) is 10.5 Å². The van der Waals surface area contributed by atoms with Gasteiger partial charge in [-0.25, -0.2) is 4.79 Å². The van der Waals surface area contributed by atoms with Crippen LogP contribution in [0, 0.1) is 6.92 Å². The van der Waals surface area contributed by atoms with Crippen LogP contribution >= 0.6 is 11.8 Å². The van der Waals surface area contributed by atoms with Crippen molar-refractivity contribution in [1.82, 2.24) is 0 Å². The predicted molar refractivity (Wildman–Crippen MR) is 53.8 cm³/mol. The quantitative estimate of drug-likeness (QED) is 0.593. The highest BCUT2D eigenvalue weighted by Crippen LogP contribution is 2.27. The standard InChI is InChI=1S/C10H10O2S/c1-7-5-3-4-6-9(7)13-8(2)10(11)12/h3-6H,2H2,1H3,(H,11,12). The van der Waals surface area contributed by atoms with Crippen molar-refractivity contribution < 1.29 is 9.90 Å². The lowest BCUT2D eigenvalue weighted by atomic mass is 10.2. The van der Waals surface area contributed by atoms with Crippen molar-refractivity contribution in [2.75, 3.05) is 0 Å². The van der Waals surface area contributed by atoms with Gasteiger partial charge in [-0.3, -0.25) is 0 Å². The van der Waals surface area contributed by atoms with E-state index in [2.05, 4.69) is 6.58 Å². The Morgan fingerprint density at radius 2 is 2.08 bits per heavy atom. The van der Waals surface area contributed by atoms with Gasteiger partial charge in [-0.1, -0.05) is 36.5 Å². The van der Waals surface area contributed by atoms with E-state index in [1.165, 1.54) is 11.8 Å². The molecule has 0 aromatic heterocycles.